The van der Waals surface area contributed by atoms with Gasteiger partial charge in [0.2, 0.25) is 0 Å². The number of aryl methyl sites for hydroxylation is 1. The summed E-state index contributed by atoms with van der Waals surface area (Å²) in [5, 5.41) is 0. The molecule has 0 heterocycles. The van der Waals surface area contributed by atoms with Crippen molar-refractivity contribution in [3.8, 4) is 0 Å². The van der Waals surface area contributed by atoms with E-state index in [1.165, 1.54) is 43.2 Å². The van der Waals surface area contributed by atoms with Crippen LogP contribution < -0.4 is 5.73 Å². The van der Waals surface area contributed by atoms with Crippen molar-refractivity contribution in [2.75, 3.05) is 13.6 Å². The predicted octanol–water partition coefficient (Wildman–Crippen LogP) is 3.26. The molecule has 1 aliphatic rings. The van der Waals surface area contributed by atoms with E-state index < -0.39 is 0 Å². The van der Waals surface area contributed by atoms with E-state index in [1.807, 2.05) is 0 Å². The van der Waals surface area contributed by atoms with Crippen LogP contribution in [-0.4, -0.2) is 24.5 Å². The molecule has 1 aromatic rings. The summed E-state index contributed by atoms with van der Waals surface area (Å²) in [6.07, 6.45) is 6.87. The summed E-state index contributed by atoms with van der Waals surface area (Å²) in [6.45, 7) is 3.08. The first-order valence-corrected chi connectivity index (χ1v) is 7.19. The lowest BCUT2D eigenvalue weighted by Crippen LogP contribution is -2.38. The van der Waals surface area contributed by atoms with Gasteiger partial charge in [-0.3, -0.25) is 0 Å². The van der Waals surface area contributed by atoms with Crippen LogP contribution in [0.15, 0.2) is 24.3 Å². The number of likely N-dealkylation sites (N-methyl/N-ethyl adjacent to an activating group) is 1. The third-order valence-corrected chi connectivity index (χ3v) is 4.19. The van der Waals surface area contributed by atoms with Gasteiger partial charge in [-0.25, -0.2) is 0 Å². The fraction of sp³-hybridized carbons (Fsp3) is 0.625. The molecule has 1 saturated carbocycles. The molecule has 0 aromatic heterocycles. The van der Waals surface area contributed by atoms with Gasteiger partial charge in [-0.15, -0.1) is 0 Å². The minimum Gasteiger partial charge on any atom is -0.323 e. The molecule has 0 bridgehead atoms. The highest BCUT2D eigenvalue weighted by molar-refractivity contribution is 5.24. The number of nitrogens with zero attached hydrogens (tertiary/aromatic N) is 1. The lowest BCUT2D eigenvalue weighted by molar-refractivity contribution is 0.182. The first-order valence-electron chi connectivity index (χ1n) is 7.19. The minimum atomic E-state index is 0.137. The van der Waals surface area contributed by atoms with Crippen molar-refractivity contribution in [2.45, 2.75) is 51.1 Å². The molecular formula is C16H26N2. The Balaban J connectivity index is 1.89. The summed E-state index contributed by atoms with van der Waals surface area (Å²) >= 11 is 0. The van der Waals surface area contributed by atoms with E-state index >= 15 is 0 Å². The van der Waals surface area contributed by atoms with E-state index in [0.717, 1.165) is 12.6 Å². The highest BCUT2D eigenvalue weighted by Gasteiger charge is 2.19. The Bertz CT molecular complexity index is 352. The lowest BCUT2D eigenvalue weighted by Gasteiger charge is -2.33. The average Bonchev–Trinajstić information content (AvgIpc) is 2.40. The number of hydrogen-bond acceptors (Lipinski definition) is 2. The predicted molar refractivity (Wildman–Crippen MR) is 77.6 cm³/mol. The molecule has 1 aromatic carbocycles. The van der Waals surface area contributed by atoms with Gasteiger partial charge >= 0.3 is 0 Å². The van der Waals surface area contributed by atoms with Crippen molar-refractivity contribution >= 4 is 0 Å². The molecule has 1 fully saturated rings. The highest BCUT2D eigenvalue weighted by atomic mass is 15.1. The summed E-state index contributed by atoms with van der Waals surface area (Å²) in [5.41, 5.74) is 8.86. The summed E-state index contributed by atoms with van der Waals surface area (Å²) in [5.74, 6) is 0. The number of benzene rings is 1. The van der Waals surface area contributed by atoms with Gasteiger partial charge in [0.15, 0.2) is 0 Å². The second kappa shape index (κ2) is 6.35. The Kier molecular flexibility index (Phi) is 4.79. The zero-order valence-corrected chi connectivity index (χ0v) is 11.7. The molecule has 2 nitrogen and oxygen atoms in total. The Morgan fingerprint density at radius 2 is 1.78 bits per heavy atom. The van der Waals surface area contributed by atoms with Gasteiger partial charge in [0.25, 0.3) is 0 Å². The number of rotatable bonds is 4. The quantitative estimate of drug-likeness (QED) is 0.883. The number of nitrogens with two attached hydrogens (primary N) is 1. The van der Waals surface area contributed by atoms with Crippen LogP contribution >= 0.6 is 0 Å². The molecule has 2 N–H and O–H groups in total. The normalized spacial score (nSPS) is 19.1. The molecule has 2 heteroatoms. The van der Waals surface area contributed by atoms with Crippen LogP contribution in [0.5, 0.6) is 0 Å². The van der Waals surface area contributed by atoms with Crippen molar-refractivity contribution in [1.29, 1.82) is 0 Å². The summed E-state index contributed by atoms with van der Waals surface area (Å²) in [7, 11) is 2.23. The molecule has 0 amide bonds. The smallest absolute Gasteiger partial charge is 0.0424 e. The zero-order chi connectivity index (χ0) is 13.0. The third-order valence-electron chi connectivity index (χ3n) is 4.19. The standard InChI is InChI=1S/C16H26N2/c1-13-8-10-14(11-9-13)16(17)12-18(2)15-6-4-3-5-7-15/h8-11,15-16H,3-7,12,17H2,1-2H3. The van der Waals surface area contributed by atoms with Gasteiger partial charge in [-0.2, -0.15) is 0 Å². The van der Waals surface area contributed by atoms with Gasteiger partial charge in [-0.05, 0) is 32.4 Å². The second-order valence-electron chi connectivity index (χ2n) is 5.75. The van der Waals surface area contributed by atoms with Crippen molar-refractivity contribution < 1.29 is 0 Å². The van der Waals surface area contributed by atoms with Gasteiger partial charge in [0.05, 0.1) is 0 Å². The molecule has 2 rings (SSSR count). The first kappa shape index (κ1) is 13.6. The molecule has 1 unspecified atom stereocenters. The topological polar surface area (TPSA) is 29.3 Å². The van der Waals surface area contributed by atoms with E-state index in [-0.39, 0.29) is 6.04 Å². The molecule has 18 heavy (non-hydrogen) atoms. The maximum absolute atomic E-state index is 6.31. The Morgan fingerprint density at radius 3 is 2.39 bits per heavy atom. The van der Waals surface area contributed by atoms with E-state index in [9.17, 15) is 0 Å². The van der Waals surface area contributed by atoms with E-state index in [4.69, 9.17) is 5.73 Å². The molecule has 0 aliphatic heterocycles. The summed E-state index contributed by atoms with van der Waals surface area (Å²) < 4.78 is 0. The van der Waals surface area contributed by atoms with Crippen LogP contribution in [0.1, 0.15) is 49.3 Å². The largest absolute Gasteiger partial charge is 0.323 e. The van der Waals surface area contributed by atoms with Crippen LogP contribution in [0.3, 0.4) is 0 Å². The lowest BCUT2D eigenvalue weighted by atomic mass is 9.94. The average molecular weight is 246 g/mol. The molecule has 100 valence electrons. The zero-order valence-electron chi connectivity index (χ0n) is 11.7. The van der Waals surface area contributed by atoms with Crippen LogP contribution in [0.2, 0.25) is 0 Å². The fourth-order valence-corrected chi connectivity index (χ4v) is 2.90. The second-order valence-corrected chi connectivity index (χ2v) is 5.75. The third kappa shape index (κ3) is 3.56. The van der Waals surface area contributed by atoms with E-state index in [0.29, 0.717) is 0 Å². The Hall–Kier alpha value is -0.860. The minimum absolute atomic E-state index is 0.137. The Labute approximate surface area is 111 Å². The van der Waals surface area contributed by atoms with Crippen LogP contribution in [-0.2, 0) is 0 Å². The van der Waals surface area contributed by atoms with E-state index in [2.05, 4.69) is 43.1 Å². The fourth-order valence-electron chi connectivity index (χ4n) is 2.90. The SMILES string of the molecule is Cc1ccc(C(N)CN(C)C2CCCCC2)cc1. The summed E-state index contributed by atoms with van der Waals surface area (Å²) in [6, 6.07) is 9.50. The molecule has 0 radical (unpaired) electrons. The van der Waals surface area contributed by atoms with Gasteiger partial charge in [0, 0.05) is 18.6 Å². The molecule has 0 saturated heterocycles. The van der Waals surface area contributed by atoms with Gasteiger partial charge < -0.3 is 10.6 Å². The summed E-state index contributed by atoms with van der Waals surface area (Å²) in [4.78, 5) is 2.46. The highest BCUT2D eigenvalue weighted by Crippen LogP contribution is 2.23. The van der Waals surface area contributed by atoms with Gasteiger partial charge in [-0.1, -0.05) is 49.1 Å². The maximum atomic E-state index is 6.31. The molecule has 1 atom stereocenters. The van der Waals surface area contributed by atoms with Crippen molar-refractivity contribution in [2.24, 2.45) is 5.73 Å². The van der Waals surface area contributed by atoms with Crippen LogP contribution in [0.25, 0.3) is 0 Å². The van der Waals surface area contributed by atoms with Crippen molar-refractivity contribution in [3.63, 3.8) is 0 Å². The van der Waals surface area contributed by atoms with Crippen LogP contribution in [0.4, 0.5) is 0 Å². The Morgan fingerprint density at radius 1 is 1.17 bits per heavy atom. The molecular weight excluding hydrogens is 220 g/mol. The maximum Gasteiger partial charge on any atom is 0.0424 e. The van der Waals surface area contributed by atoms with E-state index in [1.54, 1.807) is 0 Å². The molecule has 0 spiro atoms. The number of hydrogen-bond donors (Lipinski definition) is 1. The first-order chi connectivity index (χ1) is 8.66. The van der Waals surface area contributed by atoms with Crippen molar-refractivity contribution in [3.05, 3.63) is 35.4 Å². The van der Waals surface area contributed by atoms with Gasteiger partial charge in [0.1, 0.15) is 0 Å². The van der Waals surface area contributed by atoms with Crippen LogP contribution in [0, 0.1) is 6.92 Å². The van der Waals surface area contributed by atoms with Crippen molar-refractivity contribution in [1.82, 2.24) is 4.90 Å². The monoisotopic (exact) mass is 246 g/mol. The molecule has 1 aliphatic carbocycles.